The monoisotopic (exact) mass is 324 g/mol. The van der Waals surface area contributed by atoms with Crippen LogP contribution in [-0.2, 0) is 6.61 Å². The van der Waals surface area contributed by atoms with Crippen molar-refractivity contribution in [1.82, 2.24) is 10.3 Å². The molecular weight excluding hydrogens is 308 g/mol. The number of ether oxygens (including phenoxy) is 1. The van der Waals surface area contributed by atoms with Gasteiger partial charge in [0.15, 0.2) is 0 Å². The van der Waals surface area contributed by atoms with Crippen LogP contribution < -0.4 is 10.1 Å². The van der Waals surface area contributed by atoms with Crippen LogP contribution in [0.1, 0.15) is 35.8 Å². The molecule has 0 saturated carbocycles. The topological polar surface area (TPSA) is 51.2 Å². The number of nitrogens with one attached hydrogen (secondary N) is 1. The van der Waals surface area contributed by atoms with Crippen LogP contribution in [0.25, 0.3) is 0 Å². The molecule has 21 heavy (non-hydrogen) atoms. The van der Waals surface area contributed by atoms with Crippen LogP contribution in [0.4, 0.5) is 0 Å². The van der Waals surface area contributed by atoms with Crippen LogP contribution in [0, 0.1) is 0 Å². The molecule has 1 unspecified atom stereocenters. The molecule has 1 atom stereocenters. The molecule has 112 valence electrons. The molecule has 0 spiro atoms. The molecule has 1 heterocycles. The van der Waals surface area contributed by atoms with Crippen LogP contribution in [0.2, 0.25) is 5.02 Å². The Morgan fingerprint density at radius 2 is 2.24 bits per heavy atom. The minimum Gasteiger partial charge on any atom is -0.485 e. The van der Waals surface area contributed by atoms with Gasteiger partial charge < -0.3 is 10.1 Å². The summed E-state index contributed by atoms with van der Waals surface area (Å²) >= 11 is 7.41. The number of hydrogen-bond donors (Lipinski definition) is 1. The van der Waals surface area contributed by atoms with E-state index in [2.05, 4.69) is 10.3 Å². The van der Waals surface area contributed by atoms with Crippen molar-refractivity contribution < 1.29 is 9.53 Å². The fourth-order valence-corrected chi connectivity index (χ4v) is 2.46. The molecule has 1 aromatic heterocycles. The Labute approximate surface area is 133 Å². The predicted molar refractivity (Wildman–Crippen MR) is 85.1 cm³/mol. The predicted octanol–water partition coefficient (Wildman–Crippen LogP) is 3.90. The van der Waals surface area contributed by atoms with E-state index in [1.54, 1.807) is 17.5 Å². The van der Waals surface area contributed by atoms with E-state index in [0.717, 1.165) is 11.4 Å². The van der Waals surface area contributed by atoms with Crippen molar-refractivity contribution in [3.05, 3.63) is 45.4 Å². The second-order valence-corrected chi connectivity index (χ2v) is 5.98. The molecule has 0 bridgehead atoms. The minimum atomic E-state index is -0.149. The Balaban J connectivity index is 1.94. The number of amides is 1. The van der Waals surface area contributed by atoms with Crippen molar-refractivity contribution in [1.29, 1.82) is 0 Å². The van der Waals surface area contributed by atoms with E-state index < -0.39 is 0 Å². The van der Waals surface area contributed by atoms with Gasteiger partial charge in [0.25, 0.3) is 5.91 Å². The Morgan fingerprint density at radius 3 is 2.95 bits per heavy atom. The van der Waals surface area contributed by atoms with Gasteiger partial charge in [-0.25, -0.2) is 4.98 Å². The van der Waals surface area contributed by atoms with Gasteiger partial charge in [0.05, 0.1) is 5.02 Å². The molecule has 4 nitrogen and oxygen atoms in total. The van der Waals surface area contributed by atoms with Gasteiger partial charge in [-0.3, -0.25) is 4.79 Å². The highest BCUT2D eigenvalue weighted by Gasteiger charge is 2.13. The Bertz CT molecular complexity index is 615. The lowest BCUT2D eigenvalue weighted by Gasteiger charge is -2.09. The summed E-state index contributed by atoms with van der Waals surface area (Å²) in [5.74, 6) is 0.463. The average Bonchev–Trinajstić information content (AvgIpc) is 2.95. The van der Waals surface area contributed by atoms with Gasteiger partial charge in [-0.1, -0.05) is 30.7 Å². The number of benzene rings is 1. The van der Waals surface area contributed by atoms with Crippen LogP contribution in [0.5, 0.6) is 5.75 Å². The van der Waals surface area contributed by atoms with Gasteiger partial charge in [-0.15, -0.1) is 11.3 Å². The smallest absolute Gasteiger partial charge is 0.270 e. The maximum atomic E-state index is 11.9. The number of carbonyl (C=O) groups excluding carboxylic acids is 1. The van der Waals surface area contributed by atoms with E-state index in [9.17, 15) is 4.79 Å². The number of hydrogen-bond acceptors (Lipinski definition) is 4. The summed E-state index contributed by atoms with van der Waals surface area (Å²) in [6.45, 7) is 4.28. The molecule has 6 heteroatoms. The van der Waals surface area contributed by atoms with E-state index >= 15 is 0 Å². The molecule has 0 fully saturated rings. The van der Waals surface area contributed by atoms with Crippen LogP contribution in [0.15, 0.2) is 29.6 Å². The average molecular weight is 325 g/mol. The van der Waals surface area contributed by atoms with E-state index in [-0.39, 0.29) is 11.9 Å². The van der Waals surface area contributed by atoms with Crippen molar-refractivity contribution in [2.75, 3.05) is 0 Å². The molecule has 0 aliphatic rings. The van der Waals surface area contributed by atoms with E-state index in [1.807, 2.05) is 26.0 Å². The highest BCUT2D eigenvalue weighted by Crippen LogP contribution is 2.24. The first-order valence-corrected chi connectivity index (χ1v) is 7.98. The van der Waals surface area contributed by atoms with Crippen molar-refractivity contribution in [2.45, 2.75) is 32.9 Å². The molecule has 2 rings (SSSR count). The largest absolute Gasteiger partial charge is 0.485 e. The number of nitrogens with zero attached hydrogens (tertiary/aromatic N) is 1. The third-order valence-electron chi connectivity index (χ3n) is 2.96. The highest BCUT2D eigenvalue weighted by atomic mass is 35.5. The fourth-order valence-electron chi connectivity index (χ4n) is 1.58. The summed E-state index contributed by atoms with van der Waals surface area (Å²) in [6, 6.07) is 7.40. The highest BCUT2D eigenvalue weighted by molar-refractivity contribution is 7.09. The second kappa shape index (κ2) is 7.43. The Kier molecular flexibility index (Phi) is 5.59. The molecule has 2 aromatic rings. The van der Waals surface area contributed by atoms with Gasteiger partial charge in [-0.2, -0.15) is 0 Å². The lowest BCUT2D eigenvalue weighted by molar-refractivity contribution is 0.0934. The molecule has 0 radical (unpaired) electrons. The molecule has 0 saturated heterocycles. The number of para-hydroxylation sites is 1. The normalized spacial score (nSPS) is 12.0. The van der Waals surface area contributed by atoms with Crippen LogP contribution in [-0.4, -0.2) is 16.9 Å². The molecule has 1 N–H and O–H groups in total. The first-order chi connectivity index (χ1) is 10.1. The first-order valence-electron chi connectivity index (χ1n) is 6.72. The Hall–Kier alpha value is -1.59. The number of halogens is 1. The van der Waals surface area contributed by atoms with E-state index in [1.165, 1.54) is 11.3 Å². The number of aromatic nitrogens is 1. The summed E-state index contributed by atoms with van der Waals surface area (Å²) in [7, 11) is 0. The first kappa shape index (κ1) is 15.8. The van der Waals surface area contributed by atoms with Crippen molar-refractivity contribution in [2.24, 2.45) is 0 Å². The van der Waals surface area contributed by atoms with Crippen molar-refractivity contribution >= 4 is 28.8 Å². The lowest BCUT2D eigenvalue weighted by Crippen LogP contribution is -2.32. The van der Waals surface area contributed by atoms with Gasteiger partial charge in [0.2, 0.25) is 0 Å². The lowest BCUT2D eigenvalue weighted by atomic mass is 10.2. The number of carbonyl (C=O) groups is 1. The summed E-state index contributed by atoms with van der Waals surface area (Å²) in [6.07, 6.45) is 0.887. The van der Waals surface area contributed by atoms with Crippen molar-refractivity contribution in [3.63, 3.8) is 0 Å². The Morgan fingerprint density at radius 1 is 1.48 bits per heavy atom. The molecule has 1 amide bonds. The fraction of sp³-hybridized carbons (Fsp3) is 0.333. The zero-order valence-corrected chi connectivity index (χ0v) is 13.5. The summed E-state index contributed by atoms with van der Waals surface area (Å²) in [5, 5.41) is 5.92. The molecule has 1 aromatic carbocycles. The van der Waals surface area contributed by atoms with Crippen LogP contribution in [0.3, 0.4) is 0 Å². The molecule has 0 aliphatic heterocycles. The second-order valence-electron chi connectivity index (χ2n) is 4.63. The van der Waals surface area contributed by atoms with Crippen molar-refractivity contribution in [3.8, 4) is 5.75 Å². The quantitative estimate of drug-likeness (QED) is 0.876. The SMILES string of the molecule is CCC(C)NC(=O)c1csc(COc2ccccc2Cl)n1. The standard InChI is InChI=1S/C15H17ClN2O2S/c1-3-10(2)17-15(19)12-9-21-14(18-12)8-20-13-7-5-4-6-11(13)16/h4-7,9-10H,3,8H2,1-2H3,(H,17,19). The molecular formula is C15H17ClN2O2S. The van der Waals surface area contributed by atoms with Gasteiger partial charge >= 0.3 is 0 Å². The zero-order chi connectivity index (χ0) is 15.2. The summed E-state index contributed by atoms with van der Waals surface area (Å²) in [5.41, 5.74) is 0.429. The minimum absolute atomic E-state index is 0.141. The van der Waals surface area contributed by atoms with Gasteiger partial charge in [0, 0.05) is 11.4 Å². The number of thiazole rings is 1. The summed E-state index contributed by atoms with van der Waals surface area (Å²) < 4.78 is 5.60. The zero-order valence-electron chi connectivity index (χ0n) is 11.9. The molecule has 0 aliphatic carbocycles. The third kappa shape index (κ3) is 4.44. The third-order valence-corrected chi connectivity index (χ3v) is 4.10. The number of rotatable bonds is 6. The summed E-state index contributed by atoms with van der Waals surface area (Å²) in [4.78, 5) is 16.2. The maximum Gasteiger partial charge on any atom is 0.270 e. The van der Waals surface area contributed by atoms with Crippen LogP contribution >= 0.6 is 22.9 Å². The van der Waals surface area contributed by atoms with Gasteiger partial charge in [-0.05, 0) is 25.5 Å². The van der Waals surface area contributed by atoms with E-state index in [4.69, 9.17) is 16.3 Å². The van der Waals surface area contributed by atoms with Gasteiger partial charge in [0.1, 0.15) is 23.1 Å². The maximum absolute atomic E-state index is 11.9. The van der Waals surface area contributed by atoms with E-state index in [0.29, 0.717) is 23.1 Å².